The molecule has 2 atom stereocenters. The zero-order valence-corrected chi connectivity index (χ0v) is 19.1. The number of nitrogens with one attached hydrogen (secondary N) is 1. The van der Waals surface area contributed by atoms with Crippen LogP contribution in [-0.4, -0.2) is 61.8 Å². The topological polar surface area (TPSA) is 118 Å². The van der Waals surface area contributed by atoms with Crippen molar-refractivity contribution in [2.45, 2.75) is 24.9 Å². The summed E-state index contributed by atoms with van der Waals surface area (Å²) >= 11 is 0. The average molecular weight is 475 g/mol. The van der Waals surface area contributed by atoms with Crippen molar-refractivity contribution in [3.05, 3.63) is 54.1 Å². The molecule has 0 radical (unpaired) electrons. The molecule has 1 saturated heterocycles. The third kappa shape index (κ3) is 3.26. The Morgan fingerprint density at radius 2 is 2.14 bits per heavy atom. The Morgan fingerprint density at radius 1 is 1.29 bits per heavy atom. The van der Waals surface area contributed by atoms with E-state index in [1.54, 1.807) is 18.3 Å². The van der Waals surface area contributed by atoms with E-state index in [1.165, 1.54) is 25.4 Å². The molecule has 11 heteroatoms. The van der Waals surface area contributed by atoms with Crippen molar-refractivity contribution in [3.8, 4) is 17.0 Å². The van der Waals surface area contributed by atoms with Crippen molar-refractivity contribution in [2.24, 2.45) is 0 Å². The van der Waals surface area contributed by atoms with E-state index >= 15 is 0 Å². The van der Waals surface area contributed by atoms with Gasteiger partial charge in [0, 0.05) is 30.2 Å². The molecule has 0 saturated carbocycles. The molecule has 0 amide bonds. The van der Waals surface area contributed by atoms with Gasteiger partial charge in [0.05, 0.1) is 41.8 Å². The van der Waals surface area contributed by atoms with Gasteiger partial charge >= 0.3 is 5.97 Å². The normalized spacial score (nSPS) is 20.9. The summed E-state index contributed by atoms with van der Waals surface area (Å²) < 4.78 is 20.6. The molecule has 178 valence electrons. The van der Waals surface area contributed by atoms with Crippen LogP contribution >= 0.6 is 0 Å². The predicted molar refractivity (Wildman–Crippen MR) is 126 cm³/mol. The number of ether oxygens (including phenoxy) is 1. The minimum absolute atomic E-state index is 0.0147. The van der Waals surface area contributed by atoms with Gasteiger partial charge in [-0.3, -0.25) is 0 Å². The molecule has 6 rings (SSSR count). The van der Waals surface area contributed by atoms with Crippen LogP contribution in [0.15, 0.2) is 42.7 Å². The number of methoxy groups -OCH3 is 1. The smallest absolute Gasteiger partial charge is 0.339 e. The number of hydrogen-bond donors (Lipinski definition) is 2. The van der Waals surface area contributed by atoms with Gasteiger partial charge in [0.15, 0.2) is 23.0 Å². The fourth-order valence-corrected chi connectivity index (χ4v) is 5.11. The number of benzene rings is 1. The fourth-order valence-electron chi connectivity index (χ4n) is 5.11. The van der Waals surface area contributed by atoms with Gasteiger partial charge in [-0.1, -0.05) is 6.07 Å². The standard InChI is InChI=1S/C24H22FN7O3/c1-24-8-15(32-22-13(10-28-32)6-14(9-26-22)23(34)35-2)11-31(24)19-7-18(29-30-21(19)27-12-24)16-4-3-5-17(25)20(16)33/h3-7,9-10,15,33H,8,11-12H2,1-2H3,(H,27,30)/t15-,24-/m1/s1. The van der Waals surface area contributed by atoms with Crippen LogP contribution in [0.2, 0.25) is 0 Å². The number of carbonyl (C=O) groups excluding carboxylic acids is 1. The number of phenols is 1. The van der Waals surface area contributed by atoms with Crippen LogP contribution < -0.4 is 10.2 Å². The molecule has 0 bridgehead atoms. The lowest BCUT2D eigenvalue weighted by molar-refractivity contribution is 0.0600. The summed E-state index contributed by atoms with van der Waals surface area (Å²) in [4.78, 5) is 18.6. The molecular formula is C24H22FN7O3. The zero-order valence-electron chi connectivity index (χ0n) is 19.1. The average Bonchev–Trinajstić information content (AvgIpc) is 3.45. The predicted octanol–water partition coefficient (Wildman–Crippen LogP) is 3.16. The highest BCUT2D eigenvalue weighted by Crippen LogP contribution is 2.46. The van der Waals surface area contributed by atoms with Crippen LogP contribution in [0.3, 0.4) is 0 Å². The van der Waals surface area contributed by atoms with Crippen molar-refractivity contribution >= 4 is 28.5 Å². The molecule has 5 heterocycles. The largest absolute Gasteiger partial charge is 0.504 e. The lowest BCUT2D eigenvalue weighted by Crippen LogP contribution is -2.50. The van der Waals surface area contributed by atoms with Crippen LogP contribution in [0.1, 0.15) is 29.7 Å². The number of aromatic hydroxyl groups is 1. The van der Waals surface area contributed by atoms with E-state index in [2.05, 4.69) is 37.4 Å². The number of carbonyl (C=O) groups is 1. The van der Waals surface area contributed by atoms with E-state index in [1.807, 2.05) is 10.7 Å². The quantitative estimate of drug-likeness (QED) is 0.431. The molecule has 10 nitrogen and oxygen atoms in total. The third-order valence-electron chi connectivity index (χ3n) is 6.88. The lowest BCUT2D eigenvalue weighted by Gasteiger charge is -2.41. The molecule has 2 N–H and O–H groups in total. The molecule has 1 fully saturated rings. The van der Waals surface area contributed by atoms with E-state index in [0.29, 0.717) is 35.8 Å². The monoisotopic (exact) mass is 475 g/mol. The first kappa shape index (κ1) is 21.3. The molecule has 1 aromatic carbocycles. The summed E-state index contributed by atoms with van der Waals surface area (Å²) in [6.45, 7) is 3.47. The first-order valence-electron chi connectivity index (χ1n) is 11.2. The van der Waals surface area contributed by atoms with Gasteiger partial charge in [-0.05, 0) is 37.6 Å². The molecule has 4 aromatic rings. The van der Waals surface area contributed by atoms with Gasteiger partial charge < -0.3 is 20.1 Å². The SMILES string of the molecule is COC(=O)c1cnc2c(cnn2[C@H]2CN3c4cc(-c5cccc(F)c5O)nnc4NC[C@@]3(C)C2)c1. The number of rotatable bonds is 3. The highest BCUT2D eigenvalue weighted by atomic mass is 19.1. The second-order valence-electron chi connectivity index (χ2n) is 9.14. The summed E-state index contributed by atoms with van der Waals surface area (Å²) in [5.74, 6) is -0.969. The molecule has 2 aliphatic rings. The Balaban J connectivity index is 1.36. The molecular weight excluding hydrogens is 453 g/mol. The van der Waals surface area contributed by atoms with E-state index in [-0.39, 0.29) is 17.1 Å². The van der Waals surface area contributed by atoms with Gasteiger partial charge in [0.25, 0.3) is 0 Å². The van der Waals surface area contributed by atoms with Gasteiger partial charge in [-0.2, -0.15) is 5.10 Å². The summed E-state index contributed by atoms with van der Waals surface area (Å²) in [5.41, 5.74) is 2.32. The van der Waals surface area contributed by atoms with Crippen molar-refractivity contribution in [1.82, 2.24) is 25.0 Å². The first-order chi connectivity index (χ1) is 16.9. The number of esters is 1. The van der Waals surface area contributed by atoms with E-state index < -0.39 is 17.5 Å². The van der Waals surface area contributed by atoms with Gasteiger partial charge in [-0.15, -0.1) is 10.2 Å². The summed E-state index contributed by atoms with van der Waals surface area (Å²) in [6, 6.07) is 7.91. The van der Waals surface area contributed by atoms with Gasteiger partial charge in [0.1, 0.15) is 0 Å². The Morgan fingerprint density at radius 3 is 2.97 bits per heavy atom. The molecule has 35 heavy (non-hydrogen) atoms. The number of pyridine rings is 1. The van der Waals surface area contributed by atoms with E-state index in [4.69, 9.17) is 4.74 Å². The summed E-state index contributed by atoms with van der Waals surface area (Å²) in [6.07, 6.45) is 4.00. The maximum atomic E-state index is 13.9. The van der Waals surface area contributed by atoms with Crippen LogP contribution in [0.5, 0.6) is 5.75 Å². The number of hydrogen-bond acceptors (Lipinski definition) is 9. The van der Waals surface area contributed by atoms with Crippen LogP contribution in [0, 0.1) is 5.82 Å². The van der Waals surface area contributed by atoms with E-state index in [0.717, 1.165) is 17.5 Å². The zero-order chi connectivity index (χ0) is 24.3. The van der Waals surface area contributed by atoms with Crippen molar-refractivity contribution in [1.29, 1.82) is 0 Å². The Labute approximate surface area is 199 Å². The number of halogens is 1. The minimum atomic E-state index is -0.709. The molecule has 3 aromatic heterocycles. The maximum absolute atomic E-state index is 13.9. The van der Waals surface area contributed by atoms with Crippen molar-refractivity contribution < 1.29 is 19.0 Å². The van der Waals surface area contributed by atoms with Crippen LogP contribution in [-0.2, 0) is 4.74 Å². The van der Waals surface area contributed by atoms with Crippen molar-refractivity contribution in [2.75, 3.05) is 30.4 Å². The van der Waals surface area contributed by atoms with Gasteiger partial charge in [0.2, 0.25) is 0 Å². The highest BCUT2D eigenvalue weighted by Gasteiger charge is 2.47. The number of phenolic OH excluding ortho intramolecular Hbond substituents is 1. The Hall–Kier alpha value is -4.28. The molecule has 0 aliphatic carbocycles. The van der Waals surface area contributed by atoms with Crippen LogP contribution in [0.25, 0.3) is 22.3 Å². The maximum Gasteiger partial charge on any atom is 0.339 e. The number of aromatic nitrogens is 5. The molecule has 2 aliphatic heterocycles. The second kappa shape index (κ2) is 7.62. The number of anilines is 2. The van der Waals surface area contributed by atoms with Crippen LogP contribution in [0.4, 0.5) is 15.9 Å². The summed E-state index contributed by atoms with van der Waals surface area (Å²) in [5, 5.41) is 27.4. The number of nitrogens with zero attached hydrogens (tertiary/aromatic N) is 6. The number of para-hydroxylation sites is 1. The highest BCUT2D eigenvalue weighted by molar-refractivity contribution is 5.92. The summed E-state index contributed by atoms with van der Waals surface area (Å²) in [7, 11) is 1.34. The number of fused-ring (bicyclic) bond motifs is 4. The lowest BCUT2D eigenvalue weighted by atomic mass is 9.95. The second-order valence-corrected chi connectivity index (χ2v) is 9.14. The first-order valence-corrected chi connectivity index (χ1v) is 11.2. The Bertz CT molecular complexity index is 1490. The Kier molecular flexibility index (Phi) is 4.63. The van der Waals surface area contributed by atoms with Crippen molar-refractivity contribution in [3.63, 3.8) is 0 Å². The minimum Gasteiger partial charge on any atom is -0.504 e. The van der Waals surface area contributed by atoms with Gasteiger partial charge in [-0.25, -0.2) is 18.9 Å². The molecule has 0 unspecified atom stereocenters. The molecule has 0 spiro atoms. The third-order valence-corrected chi connectivity index (χ3v) is 6.88. The fraction of sp³-hybridized carbons (Fsp3) is 0.292. The van der Waals surface area contributed by atoms with E-state index in [9.17, 15) is 14.3 Å².